The number of aromatic nitrogens is 2. The Hall–Kier alpha value is -2.35. The van der Waals surface area contributed by atoms with Gasteiger partial charge in [-0.05, 0) is 23.6 Å². The number of hydrogen-bond donors (Lipinski definition) is 0. The van der Waals surface area contributed by atoms with Gasteiger partial charge in [-0.3, -0.25) is 0 Å². The minimum absolute atomic E-state index is 0.561. The van der Waals surface area contributed by atoms with Crippen LogP contribution in [0.5, 0.6) is 0 Å². The van der Waals surface area contributed by atoms with Crippen molar-refractivity contribution in [3.05, 3.63) is 78.4 Å². The fourth-order valence-corrected chi connectivity index (χ4v) is 2.13. The highest BCUT2D eigenvalue weighted by Gasteiger charge is 2.00. The third-order valence-electron chi connectivity index (χ3n) is 3.25. The molecule has 1 aromatic heterocycles. The summed E-state index contributed by atoms with van der Waals surface area (Å²) in [4.78, 5) is 4.23. The van der Waals surface area contributed by atoms with E-state index in [-0.39, 0.29) is 0 Å². The Morgan fingerprint density at radius 1 is 0.913 bits per heavy atom. The molecule has 1 heterocycles. The van der Waals surface area contributed by atoms with Gasteiger partial charge in [-0.1, -0.05) is 82.3 Å². The van der Waals surface area contributed by atoms with E-state index in [1.807, 2.05) is 71.3 Å². The second-order valence-corrected chi connectivity index (χ2v) is 4.58. The summed E-state index contributed by atoms with van der Waals surface area (Å²) >= 11 is 0. The Morgan fingerprint density at radius 3 is 2.17 bits per heavy atom. The molecule has 2 heteroatoms. The predicted octanol–water partition coefficient (Wildman–Crippen LogP) is 5.96. The van der Waals surface area contributed by atoms with Gasteiger partial charge in [-0.15, -0.1) is 0 Å². The lowest BCUT2D eigenvalue weighted by atomic mass is 10.0. The van der Waals surface area contributed by atoms with Gasteiger partial charge in [0.15, 0.2) is 0 Å². The van der Waals surface area contributed by atoms with Crippen molar-refractivity contribution in [3.63, 3.8) is 0 Å². The van der Waals surface area contributed by atoms with Crippen LogP contribution >= 0.6 is 0 Å². The summed E-state index contributed by atoms with van der Waals surface area (Å²) < 4.78 is 10.1. The average molecular weight is 309 g/mol. The van der Waals surface area contributed by atoms with Crippen LogP contribution in [0.1, 0.15) is 40.5 Å². The molecule has 3 rings (SSSR count). The van der Waals surface area contributed by atoms with E-state index >= 15 is 0 Å². The molecular weight excluding hydrogens is 280 g/mol. The van der Waals surface area contributed by atoms with Crippen LogP contribution in [-0.2, 0) is 6.54 Å². The van der Waals surface area contributed by atoms with E-state index in [9.17, 15) is 0 Å². The summed E-state index contributed by atoms with van der Waals surface area (Å²) in [7, 11) is 0. The van der Waals surface area contributed by atoms with Crippen molar-refractivity contribution in [2.75, 3.05) is 0 Å². The largest absolute Gasteiger partial charge is 0.331 e. The zero-order valence-corrected chi connectivity index (χ0v) is 14.9. The third-order valence-corrected chi connectivity index (χ3v) is 3.25. The quantitative estimate of drug-likeness (QED) is 0.583. The van der Waals surface area contributed by atoms with E-state index in [1.165, 1.54) is 5.56 Å². The van der Waals surface area contributed by atoms with Gasteiger partial charge in [-0.2, -0.15) is 0 Å². The summed E-state index contributed by atoms with van der Waals surface area (Å²) in [5, 5.41) is 0. The lowest BCUT2D eigenvalue weighted by Gasteiger charge is -2.07. The molecule has 0 aliphatic heterocycles. The van der Waals surface area contributed by atoms with E-state index < -0.39 is 0 Å². The fourth-order valence-electron chi connectivity index (χ4n) is 2.13. The molecule has 0 saturated carbocycles. The summed E-state index contributed by atoms with van der Waals surface area (Å²) in [5.41, 5.74) is 3.29. The van der Waals surface area contributed by atoms with E-state index in [4.69, 9.17) is 1.37 Å². The van der Waals surface area contributed by atoms with Gasteiger partial charge in [0.1, 0.15) is 5.82 Å². The maximum absolute atomic E-state index is 7.94. The summed E-state index contributed by atoms with van der Waals surface area (Å²) in [6.45, 7) is 10.8. The topological polar surface area (TPSA) is 17.8 Å². The maximum Gasteiger partial charge on any atom is 0.105 e. The van der Waals surface area contributed by atoms with Gasteiger partial charge in [0.25, 0.3) is 0 Å². The van der Waals surface area contributed by atoms with Crippen LogP contribution in [0.2, 0.25) is 0 Å². The number of nitrogens with zero attached hydrogens (tertiary/aromatic N) is 2. The van der Waals surface area contributed by atoms with Crippen LogP contribution in [0, 0.1) is 6.92 Å². The molecule has 0 amide bonds. The number of rotatable bonds is 3. The molecule has 0 unspecified atom stereocenters. The van der Waals surface area contributed by atoms with Crippen molar-refractivity contribution in [1.82, 2.24) is 9.55 Å². The highest BCUT2D eigenvalue weighted by Crippen LogP contribution is 2.19. The molecule has 3 aromatic rings. The van der Waals surface area contributed by atoms with E-state index in [0.717, 1.165) is 23.5 Å². The SMILES string of the molecule is CC.CC.[2H]c1ccccc1-c1ccc(Cn2ccnc2C)cc1. The fraction of sp³-hybridized carbons (Fsp3) is 0.286. The summed E-state index contributed by atoms with van der Waals surface area (Å²) in [5.74, 6) is 1.02. The van der Waals surface area contributed by atoms with E-state index in [0.29, 0.717) is 6.04 Å². The molecule has 0 fully saturated rings. The highest BCUT2D eigenvalue weighted by atomic mass is 15.0. The molecule has 0 radical (unpaired) electrons. The van der Waals surface area contributed by atoms with Gasteiger partial charge < -0.3 is 4.57 Å². The molecule has 0 spiro atoms. The molecule has 2 aromatic carbocycles. The van der Waals surface area contributed by atoms with Crippen LogP contribution in [-0.4, -0.2) is 9.55 Å². The Morgan fingerprint density at radius 2 is 1.61 bits per heavy atom. The van der Waals surface area contributed by atoms with Crippen LogP contribution in [0.4, 0.5) is 0 Å². The van der Waals surface area contributed by atoms with Crippen molar-refractivity contribution in [2.45, 2.75) is 41.2 Å². The van der Waals surface area contributed by atoms with Crippen LogP contribution in [0.15, 0.2) is 67.0 Å². The smallest absolute Gasteiger partial charge is 0.105 e. The number of aryl methyl sites for hydroxylation is 1. The molecule has 0 aliphatic carbocycles. The minimum atomic E-state index is 0.561. The molecule has 2 nitrogen and oxygen atoms in total. The predicted molar refractivity (Wildman–Crippen MR) is 101 cm³/mol. The first-order valence-corrected chi connectivity index (χ1v) is 8.37. The maximum atomic E-state index is 7.94. The van der Waals surface area contributed by atoms with Crippen LogP contribution in [0.3, 0.4) is 0 Å². The zero-order chi connectivity index (χ0) is 17.9. The van der Waals surface area contributed by atoms with Crippen molar-refractivity contribution < 1.29 is 1.37 Å². The molecule has 122 valence electrons. The van der Waals surface area contributed by atoms with Crippen LogP contribution in [0.25, 0.3) is 11.1 Å². The number of benzene rings is 2. The van der Waals surface area contributed by atoms with Gasteiger partial charge in [0, 0.05) is 18.9 Å². The molecule has 0 saturated heterocycles. The third kappa shape index (κ3) is 5.41. The Balaban J connectivity index is 0.000000671. The normalized spacial score (nSPS) is 9.87. The Kier molecular flexibility index (Phi) is 7.68. The first kappa shape index (κ1) is 17.0. The molecular formula is C21H28N2. The Bertz CT molecular complexity index is 715. The second-order valence-electron chi connectivity index (χ2n) is 4.58. The molecule has 0 bridgehead atoms. The van der Waals surface area contributed by atoms with Gasteiger partial charge in [0.2, 0.25) is 0 Å². The van der Waals surface area contributed by atoms with Crippen molar-refractivity contribution in [3.8, 4) is 11.1 Å². The van der Waals surface area contributed by atoms with Gasteiger partial charge in [0.05, 0.1) is 1.37 Å². The monoisotopic (exact) mass is 309 g/mol. The average Bonchev–Trinajstić information content (AvgIpc) is 3.05. The molecule has 23 heavy (non-hydrogen) atoms. The molecule has 0 N–H and O–H groups in total. The lowest BCUT2D eigenvalue weighted by Crippen LogP contribution is -2.00. The van der Waals surface area contributed by atoms with Crippen molar-refractivity contribution in [2.24, 2.45) is 0 Å². The van der Waals surface area contributed by atoms with Gasteiger partial charge in [-0.25, -0.2) is 4.98 Å². The highest BCUT2D eigenvalue weighted by molar-refractivity contribution is 5.63. The summed E-state index contributed by atoms with van der Waals surface area (Å²) in [6.07, 6.45) is 3.81. The second kappa shape index (κ2) is 10.4. The summed E-state index contributed by atoms with van der Waals surface area (Å²) in [6, 6.07) is 16.6. The first-order valence-electron chi connectivity index (χ1n) is 8.87. The number of hydrogen-bond acceptors (Lipinski definition) is 1. The van der Waals surface area contributed by atoms with Crippen molar-refractivity contribution >= 4 is 0 Å². The van der Waals surface area contributed by atoms with E-state index in [2.05, 4.69) is 33.8 Å². The lowest BCUT2D eigenvalue weighted by molar-refractivity contribution is 0.762. The Labute approximate surface area is 142 Å². The van der Waals surface area contributed by atoms with E-state index in [1.54, 1.807) is 0 Å². The first-order chi connectivity index (χ1) is 11.7. The zero-order valence-electron chi connectivity index (χ0n) is 15.9. The minimum Gasteiger partial charge on any atom is -0.331 e. The molecule has 0 atom stereocenters. The van der Waals surface area contributed by atoms with Gasteiger partial charge >= 0.3 is 0 Å². The van der Waals surface area contributed by atoms with Crippen molar-refractivity contribution in [1.29, 1.82) is 0 Å². The van der Waals surface area contributed by atoms with Crippen LogP contribution < -0.4 is 0 Å². The number of imidazole rings is 1. The molecule has 0 aliphatic rings. The standard InChI is InChI=1S/C17H16N2.2C2H6/c1-14-18-11-12-19(14)13-15-7-9-17(10-8-15)16-5-3-2-4-6-16;2*1-2/h2-12H,13H2,1H3;2*1-2H3/i5D;;.